The number of piperazine rings is 1. The van der Waals surface area contributed by atoms with Gasteiger partial charge < -0.3 is 4.90 Å². The Morgan fingerprint density at radius 1 is 1.14 bits per heavy atom. The van der Waals surface area contributed by atoms with Crippen molar-refractivity contribution < 1.29 is 13.2 Å². The Balaban J connectivity index is 1.59. The standard InChI is InChI=1S/C14H16F3N5/c15-14(16,17)12-3-1-2-11(8-12)9-21-4-6-22(7-5-21)13-18-10-19-20-13/h1-3,8,10H,4-7,9H2,(H,18,19,20). The molecule has 0 radical (unpaired) electrons. The Bertz CT molecular complexity index is 603. The Labute approximate surface area is 125 Å². The molecule has 0 unspecified atom stereocenters. The zero-order chi connectivity index (χ0) is 15.6. The normalized spacial score (nSPS) is 17.0. The number of H-pyrrole nitrogens is 1. The van der Waals surface area contributed by atoms with Gasteiger partial charge in [0, 0.05) is 32.7 Å². The fraction of sp³-hybridized carbons (Fsp3) is 0.429. The maximum atomic E-state index is 12.7. The second-order valence-electron chi connectivity index (χ2n) is 5.27. The maximum absolute atomic E-state index is 12.7. The summed E-state index contributed by atoms with van der Waals surface area (Å²) in [6.45, 7) is 3.62. The van der Waals surface area contributed by atoms with E-state index in [2.05, 4.69) is 25.0 Å². The van der Waals surface area contributed by atoms with E-state index in [1.807, 2.05) is 0 Å². The molecule has 1 aliphatic heterocycles. The van der Waals surface area contributed by atoms with Gasteiger partial charge in [-0.25, -0.2) is 5.10 Å². The van der Waals surface area contributed by atoms with Crippen molar-refractivity contribution in [1.82, 2.24) is 20.1 Å². The summed E-state index contributed by atoms with van der Waals surface area (Å²) >= 11 is 0. The highest BCUT2D eigenvalue weighted by Crippen LogP contribution is 2.29. The molecule has 1 fully saturated rings. The second-order valence-corrected chi connectivity index (χ2v) is 5.27. The van der Waals surface area contributed by atoms with Gasteiger partial charge in [-0.05, 0) is 11.6 Å². The van der Waals surface area contributed by atoms with Crippen LogP contribution in [0.4, 0.5) is 19.1 Å². The van der Waals surface area contributed by atoms with Gasteiger partial charge in [-0.3, -0.25) is 4.90 Å². The van der Waals surface area contributed by atoms with Crippen molar-refractivity contribution in [2.45, 2.75) is 12.7 Å². The van der Waals surface area contributed by atoms with Gasteiger partial charge in [0.1, 0.15) is 6.33 Å². The first-order valence-electron chi connectivity index (χ1n) is 7.01. The SMILES string of the molecule is FC(F)(F)c1cccc(CN2CCN(c3ncn[nH]3)CC2)c1. The van der Waals surface area contributed by atoms with Gasteiger partial charge in [0.25, 0.3) is 0 Å². The molecule has 2 aromatic rings. The van der Waals surface area contributed by atoms with Gasteiger partial charge >= 0.3 is 6.18 Å². The predicted molar refractivity (Wildman–Crippen MR) is 75.3 cm³/mol. The lowest BCUT2D eigenvalue weighted by atomic mass is 10.1. The highest BCUT2D eigenvalue weighted by Gasteiger charge is 2.30. The van der Waals surface area contributed by atoms with Crippen LogP contribution in [-0.2, 0) is 12.7 Å². The minimum absolute atomic E-state index is 0.522. The van der Waals surface area contributed by atoms with E-state index in [-0.39, 0.29) is 0 Å². The molecule has 0 bridgehead atoms. The molecule has 1 aromatic heterocycles. The molecule has 0 aliphatic carbocycles. The van der Waals surface area contributed by atoms with Crippen LogP contribution in [0.5, 0.6) is 0 Å². The number of alkyl halides is 3. The number of anilines is 1. The van der Waals surface area contributed by atoms with Crippen molar-refractivity contribution in [1.29, 1.82) is 0 Å². The van der Waals surface area contributed by atoms with E-state index >= 15 is 0 Å². The quantitative estimate of drug-likeness (QED) is 0.943. The monoisotopic (exact) mass is 311 g/mol. The topological polar surface area (TPSA) is 48.1 Å². The van der Waals surface area contributed by atoms with Crippen molar-refractivity contribution in [3.05, 3.63) is 41.7 Å². The molecule has 22 heavy (non-hydrogen) atoms. The first-order valence-corrected chi connectivity index (χ1v) is 7.01. The van der Waals surface area contributed by atoms with Crippen LogP contribution in [0.2, 0.25) is 0 Å². The molecular weight excluding hydrogens is 295 g/mol. The zero-order valence-electron chi connectivity index (χ0n) is 11.8. The molecule has 0 amide bonds. The van der Waals surface area contributed by atoms with Crippen molar-refractivity contribution in [3.63, 3.8) is 0 Å². The molecule has 3 rings (SSSR count). The van der Waals surface area contributed by atoms with Crippen LogP contribution in [-0.4, -0.2) is 46.3 Å². The van der Waals surface area contributed by atoms with E-state index in [0.29, 0.717) is 12.1 Å². The fourth-order valence-corrected chi connectivity index (χ4v) is 2.57. The number of hydrogen-bond donors (Lipinski definition) is 1. The summed E-state index contributed by atoms with van der Waals surface area (Å²) in [6, 6.07) is 5.52. The summed E-state index contributed by atoms with van der Waals surface area (Å²) in [5, 5.41) is 6.64. The summed E-state index contributed by atoms with van der Waals surface area (Å²) < 4.78 is 38.2. The third kappa shape index (κ3) is 3.38. The average molecular weight is 311 g/mol. The predicted octanol–water partition coefficient (Wildman–Crippen LogP) is 2.15. The van der Waals surface area contributed by atoms with Crippen molar-refractivity contribution in [2.24, 2.45) is 0 Å². The minimum atomic E-state index is -4.29. The van der Waals surface area contributed by atoms with Crippen LogP contribution >= 0.6 is 0 Å². The number of aromatic amines is 1. The number of benzene rings is 1. The molecule has 1 saturated heterocycles. The van der Waals surface area contributed by atoms with Crippen LogP contribution in [0, 0.1) is 0 Å². The number of nitrogens with zero attached hydrogens (tertiary/aromatic N) is 4. The Morgan fingerprint density at radius 3 is 2.55 bits per heavy atom. The molecule has 1 N–H and O–H groups in total. The van der Waals surface area contributed by atoms with Crippen molar-refractivity contribution in [2.75, 3.05) is 31.1 Å². The highest BCUT2D eigenvalue weighted by molar-refractivity contribution is 5.29. The van der Waals surface area contributed by atoms with Crippen molar-refractivity contribution in [3.8, 4) is 0 Å². The van der Waals surface area contributed by atoms with E-state index in [4.69, 9.17) is 0 Å². The molecule has 0 spiro atoms. The third-order valence-corrected chi connectivity index (χ3v) is 3.73. The van der Waals surface area contributed by atoms with E-state index < -0.39 is 11.7 Å². The van der Waals surface area contributed by atoms with E-state index in [1.54, 1.807) is 6.07 Å². The van der Waals surface area contributed by atoms with Crippen LogP contribution in [0.15, 0.2) is 30.6 Å². The second kappa shape index (κ2) is 5.96. The van der Waals surface area contributed by atoms with Crippen molar-refractivity contribution >= 4 is 5.95 Å². The van der Waals surface area contributed by atoms with Crippen LogP contribution in [0.3, 0.4) is 0 Å². The molecule has 0 atom stereocenters. The smallest absolute Gasteiger partial charge is 0.339 e. The molecule has 5 nitrogen and oxygen atoms in total. The van der Waals surface area contributed by atoms with Gasteiger partial charge in [0.2, 0.25) is 5.95 Å². The largest absolute Gasteiger partial charge is 0.416 e. The first-order chi connectivity index (χ1) is 10.5. The van der Waals surface area contributed by atoms with E-state index in [1.165, 1.54) is 18.5 Å². The molecular formula is C14H16F3N5. The van der Waals surface area contributed by atoms with Gasteiger partial charge in [-0.1, -0.05) is 18.2 Å². The summed E-state index contributed by atoms with van der Waals surface area (Å²) in [7, 11) is 0. The Hall–Kier alpha value is -2.09. The van der Waals surface area contributed by atoms with Gasteiger partial charge in [-0.2, -0.15) is 23.3 Å². The number of nitrogens with one attached hydrogen (secondary N) is 1. The molecule has 1 aliphatic rings. The highest BCUT2D eigenvalue weighted by atomic mass is 19.4. The number of hydrogen-bond acceptors (Lipinski definition) is 4. The fourth-order valence-electron chi connectivity index (χ4n) is 2.57. The Morgan fingerprint density at radius 2 is 1.91 bits per heavy atom. The molecule has 0 saturated carbocycles. The van der Waals surface area contributed by atoms with Gasteiger partial charge in [-0.15, -0.1) is 0 Å². The summed E-state index contributed by atoms with van der Waals surface area (Å²) in [4.78, 5) is 8.32. The first kappa shape index (κ1) is 14.8. The van der Waals surface area contributed by atoms with Crippen LogP contribution in [0.25, 0.3) is 0 Å². The number of rotatable bonds is 3. The lowest BCUT2D eigenvalue weighted by Crippen LogP contribution is -2.46. The van der Waals surface area contributed by atoms with E-state index in [9.17, 15) is 13.2 Å². The number of aromatic nitrogens is 3. The lowest BCUT2D eigenvalue weighted by molar-refractivity contribution is -0.137. The maximum Gasteiger partial charge on any atom is 0.416 e. The average Bonchev–Trinajstić information content (AvgIpc) is 3.02. The van der Waals surface area contributed by atoms with Gasteiger partial charge in [0.15, 0.2) is 0 Å². The summed E-state index contributed by atoms with van der Waals surface area (Å²) in [6.07, 6.45) is -2.83. The third-order valence-electron chi connectivity index (χ3n) is 3.73. The van der Waals surface area contributed by atoms with Crippen LogP contribution in [0.1, 0.15) is 11.1 Å². The summed E-state index contributed by atoms with van der Waals surface area (Å²) in [5.41, 5.74) is 0.0910. The van der Waals surface area contributed by atoms with Gasteiger partial charge in [0.05, 0.1) is 5.56 Å². The summed E-state index contributed by atoms with van der Waals surface area (Å²) in [5.74, 6) is 0.735. The van der Waals surface area contributed by atoms with Crippen LogP contribution < -0.4 is 4.90 Å². The minimum Gasteiger partial charge on any atom is -0.339 e. The lowest BCUT2D eigenvalue weighted by Gasteiger charge is -2.34. The van der Waals surface area contributed by atoms with E-state index in [0.717, 1.165) is 38.2 Å². The molecule has 118 valence electrons. The zero-order valence-corrected chi connectivity index (χ0v) is 11.8. The molecule has 1 aromatic carbocycles. The molecule has 2 heterocycles. The number of halogens is 3. The molecule has 8 heteroatoms. The Kier molecular flexibility index (Phi) is 4.02.